The Balaban J connectivity index is 1.57. The number of aryl methyl sites for hydroxylation is 1. The first-order valence-electron chi connectivity index (χ1n) is 7.91. The Bertz CT molecular complexity index is 664. The van der Waals surface area contributed by atoms with E-state index in [1.54, 1.807) is 12.3 Å². The molecule has 0 aliphatic carbocycles. The van der Waals surface area contributed by atoms with Crippen LogP contribution in [0.25, 0.3) is 0 Å². The van der Waals surface area contributed by atoms with E-state index in [2.05, 4.69) is 15.6 Å². The Morgan fingerprint density at radius 3 is 2.87 bits per heavy atom. The molecule has 1 fully saturated rings. The molecule has 1 aliphatic heterocycles. The standard InChI is InChI=1S/C18H21N3O2/c1-13-5-2-3-7-16(13)21-18(22)17-9-8-14(11-20-17)19-12-15-6-4-10-23-15/h2-3,5,7-9,11,15,19H,4,6,10,12H2,1H3,(H,21,22). The smallest absolute Gasteiger partial charge is 0.274 e. The molecule has 5 heteroatoms. The van der Waals surface area contributed by atoms with E-state index in [-0.39, 0.29) is 12.0 Å². The summed E-state index contributed by atoms with van der Waals surface area (Å²) in [4.78, 5) is 16.5. The summed E-state index contributed by atoms with van der Waals surface area (Å²) in [7, 11) is 0. The maximum absolute atomic E-state index is 12.2. The van der Waals surface area contributed by atoms with Crippen molar-refractivity contribution in [2.24, 2.45) is 0 Å². The summed E-state index contributed by atoms with van der Waals surface area (Å²) in [6, 6.07) is 11.3. The molecule has 1 atom stereocenters. The quantitative estimate of drug-likeness (QED) is 0.890. The molecule has 0 spiro atoms. The van der Waals surface area contributed by atoms with Gasteiger partial charge in [0.15, 0.2) is 0 Å². The van der Waals surface area contributed by atoms with Gasteiger partial charge in [-0.25, -0.2) is 4.98 Å². The summed E-state index contributed by atoms with van der Waals surface area (Å²) in [5.41, 5.74) is 3.12. The van der Waals surface area contributed by atoms with Gasteiger partial charge < -0.3 is 15.4 Å². The summed E-state index contributed by atoms with van der Waals surface area (Å²) in [6.07, 6.45) is 4.18. The zero-order chi connectivity index (χ0) is 16.1. The number of ether oxygens (including phenoxy) is 1. The van der Waals surface area contributed by atoms with Gasteiger partial charge in [-0.05, 0) is 43.5 Å². The third-order valence-corrected chi connectivity index (χ3v) is 3.95. The van der Waals surface area contributed by atoms with Crippen molar-refractivity contribution in [2.75, 3.05) is 23.8 Å². The fraction of sp³-hybridized carbons (Fsp3) is 0.333. The predicted molar refractivity (Wildman–Crippen MR) is 90.8 cm³/mol. The molecule has 3 rings (SSSR count). The summed E-state index contributed by atoms with van der Waals surface area (Å²) >= 11 is 0. The SMILES string of the molecule is Cc1ccccc1NC(=O)c1ccc(NCC2CCCO2)cn1. The molecule has 2 aromatic rings. The van der Waals surface area contributed by atoms with Crippen LogP contribution in [0.5, 0.6) is 0 Å². The van der Waals surface area contributed by atoms with E-state index in [9.17, 15) is 4.79 Å². The number of hydrogen-bond acceptors (Lipinski definition) is 4. The number of carbonyl (C=O) groups is 1. The number of nitrogens with zero attached hydrogens (tertiary/aromatic N) is 1. The number of pyridine rings is 1. The van der Waals surface area contributed by atoms with E-state index in [1.165, 1.54) is 0 Å². The highest BCUT2D eigenvalue weighted by Crippen LogP contribution is 2.16. The second-order valence-corrected chi connectivity index (χ2v) is 5.72. The van der Waals surface area contributed by atoms with Gasteiger partial charge in [0.25, 0.3) is 5.91 Å². The number of rotatable bonds is 5. The topological polar surface area (TPSA) is 63.2 Å². The van der Waals surface area contributed by atoms with Gasteiger partial charge in [-0.3, -0.25) is 4.79 Å². The minimum absolute atomic E-state index is 0.204. The Morgan fingerprint density at radius 2 is 2.17 bits per heavy atom. The van der Waals surface area contributed by atoms with E-state index in [0.29, 0.717) is 5.69 Å². The second-order valence-electron chi connectivity index (χ2n) is 5.72. The first kappa shape index (κ1) is 15.5. The second kappa shape index (κ2) is 7.24. The highest BCUT2D eigenvalue weighted by molar-refractivity contribution is 6.03. The van der Waals surface area contributed by atoms with E-state index >= 15 is 0 Å². The fourth-order valence-corrected chi connectivity index (χ4v) is 2.57. The molecule has 120 valence electrons. The van der Waals surface area contributed by atoms with Crippen LogP contribution in [0.4, 0.5) is 11.4 Å². The minimum atomic E-state index is -0.204. The zero-order valence-corrected chi connectivity index (χ0v) is 13.2. The molecule has 1 aromatic carbocycles. The van der Waals surface area contributed by atoms with E-state index in [0.717, 1.165) is 42.9 Å². The Kier molecular flexibility index (Phi) is 4.88. The Hall–Kier alpha value is -2.40. The number of para-hydroxylation sites is 1. The van der Waals surface area contributed by atoms with Crippen molar-refractivity contribution in [3.63, 3.8) is 0 Å². The number of anilines is 2. The number of benzene rings is 1. The molecular weight excluding hydrogens is 290 g/mol. The highest BCUT2D eigenvalue weighted by Gasteiger charge is 2.15. The van der Waals surface area contributed by atoms with E-state index in [1.807, 2.05) is 37.3 Å². The van der Waals surface area contributed by atoms with Crippen LogP contribution >= 0.6 is 0 Å². The molecule has 1 amide bonds. The lowest BCUT2D eigenvalue weighted by molar-refractivity contribution is 0.102. The summed E-state index contributed by atoms with van der Waals surface area (Å²) in [5, 5.41) is 6.17. The number of carbonyl (C=O) groups excluding carboxylic acids is 1. The van der Waals surface area contributed by atoms with Crippen molar-refractivity contribution in [1.29, 1.82) is 0 Å². The van der Waals surface area contributed by atoms with Gasteiger partial charge in [-0.2, -0.15) is 0 Å². The van der Waals surface area contributed by atoms with Crippen molar-refractivity contribution in [3.8, 4) is 0 Å². The van der Waals surface area contributed by atoms with Gasteiger partial charge in [-0.15, -0.1) is 0 Å². The average molecular weight is 311 g/mol. The van der Waals surface area contributed by atoms with Crippen molar-refractivity contribution in [1.82, 2.24) is 4.98 Å². The molecule has 5 nitrogen and oxygen atoms in total. The molecule has 1 saturated heterocycles. The summed E-state index contributed by atoms with van der Waals surface area (Å²) in [6.45, 7) is 3.58. The summed E-state index contributed by atoms with van der Waals surface area (Å²) < 4.78 is 5.57. The molecule has 1 aliphatic rings. The molecule has 0 radical (unpaired) electrons. The van der Waals surface area contributed by atoms with Crippen LogP contribution in [-0.4, -0.2) is 30.1 Å². The van der Waals surface area contributed by atoms with Gasteiger partial charge in [-0.1, -0.05) is 18.2 Å². The lowest BCUT2D eigenvalue weighted by Crippen LogP contribution is -2.19. The maximum Gasteiger partial charge on any atom is 0.274 e. The third kappa shape index (κ3) is 4.07. The van der Waals surface area contributed by atoms with Gasteiger partial charge >= 0.3 is 0 Å². The van der Waals surface area contributed by atoms with Crippen LogP contribution in [0.15, 0.2) is 42.6 Å². The van der Waals surface area contributed by atoms with Gasteiger partial charge in [0.05, 0.1) is 18.0 Å². The number of hydrogen-bond donors (Lipinski definition) is 2. The Morgan fingerprint density at radius 1 is 1.30 bits per heavy atom. The molecule has 0 bridgehead atoms. The van der Waals surface area contributed by atoms with Crippen LogP contribution in [0.2, 0.25) is 0 Å². The normalized spacial score (nSPS) is 17.0. The fourth-order valence-electron chi connectivity index (χ4n) is 2.57. The molecule has 0 saturated carbocycles. The highest BCUT2D eigenvalue weighted by atomic mass is 16.5. The van der Waals surface area contributed by atoms with Crippen LogP contribution in [0.3, 0.4) is 0 Å². The molecular formula is C18H21N3O2. The molecule has 23 heavy (non-hydrogen) atoms. The molecule has 2 N–H and O–H groups in total. The number of nitrogens with one attached hydrogen (secondary N) is 2. The largest absolute Gasteiger partial charge is 0.381 e. The Labute approximate surface area is 136 Å². The maximum atomic E-state index is 12.2. The first-order chi connectivity index (χ1) is 11.2. The lowest BCUT2D eigenvalue weighted by Gasteiger charge is -2.12. The predicted octanol–water partition coefficient (Wildman–Crippen LogP) is 3.23. The van der Waals surface area contributed by atoms with E-state index < -0.39 is 0 Å². The number of amides is 1. The lowest BCUT2D eigenvalue weighted by atomic mass is 10.2. The van der Waals surface area contributed by atoms with Crippen LogP contribution in [0, 0.1) is 6.92 Å². The van der Waals surface area contributed by atoms with Crippen molar-refractivity contribution in [3.05, 3.63) is 53.9 Å². The minimum Gasteiger partial charge on any atom is -0.381 e. The van der Waals surface area contributed by atoms with Crippen LogP contribution in [0.1, 0.15) is 28.9 Å². The molecule has 1 unspecified atom stereocenters. The first-order valence-corrected chi connectivity index (χ1v) is 7.91. The summed E-state index contributed by atoms with van der Waals surface area (Å²) in [5.74, 6) is -0.204. The number of aromatic nitrogens is 1. The van der Waals surface area contributed by atoms with Crippen LogP contribution in [-0.2, 0) is 4.74 Å². The van der Waals surface area contributed by atoms with Gasteiger partial charge in [0.1, 0.15) is 5.69 Å². The van der Waals surface area contributed by atoms with E-state index in [4.69, 9.17) is 4.74 Å². The average Bonchev–Trinajstić information content (AvgIpc) is 3.09. The third-order valence-electron chi connectivity index (χ3n) is 3.95. The van der Waals surface area contributed by atoms with Gasteiger partial charge in [0.2, 0.25) is 0 Å². The van der Waals surface area contributed by atoms with Crippen molar-refractivity contribution in [2.45, 2.75) is 25.9 Å². The molecule has 2 heterocycles. The van der Waals surface area contributed by atoms with Crippen LogP contribution < -0.4 is 10.6 Å². The zero-order valence-electron chi connectivity index (χ0n) is 13.2. The molecule has 1 aromatic heterocycles. The van der Waals surface area contributed by atoms with Gasteiger partial charge in [0, 0.05) is 18.8 Å². The van der Waals surface area contributed by atoms with Crippen molar-refractivity contribution >= 4 is 17.3 Å². The van der Waals surface area contributed by atoms with Crippen molar-refractivity contribution < 1.29 is 9.53 Å². The monoisotopic (exact) mass is 311 g/mol.